The van der Waals surface area contributed by atoms with E-state index in [9.17, 15) is 0 Å². The zero-order valence-corrected chi connectivity index (χ0v) is 10.6. The molecule has 0 fully saturated rings. The molecule has 90 valence electrons. The maximum atomic E-state index is 5.90. The standard InChI is InChI=1S/C14H16ClNO/c1-2-9-16-14(13-4-3-10-17-13)11-5-7-12(15)8-6-11/h3-8,10,14,16H,2,9H2,1H3. The first-order valence-corrected chi connectivity index (χ1v) is 6.21. The van der Waals surface area contributed by atoms with Crippen LogP contribution in [0, 0.1) is 0 Å². The van der Waals surface area contributed by atoms with Gasteiger partial charge in [0.2, 0.25) is 0 Å². The molecule has 2 nitrogen and oxygen atoms in total. The largest absolute Gasteiger partial charge is 0.467 e. The Morgan fingerprint density at radius 3 is 2.59 bits per heavy atom. The second-order valence-electron chi connectivity index (χ2n) is 3.95. The van der Waals surface area contributed by atoms with E-state index in [1.807, 2.05) is 36.4 Å². The lowest BCUT2D eigenvalue weighted by molar-refractivity contribution is 0.446. The number of benzene rings is 1. The summed E-state index contributed by atoms with van der Waals surface area (Å²) in [7, 11) is 0. The van der Waals surface area contributed by atoms with Crippen LogP contribution in [0.2, 0.25) is 5.02 Å². The van der Waals surface area contributed by atoms with Crippen LogP contribution in [0.3, 0.4) is 0 Å². The molecular formula is C14H16ClNO. The molecule has 0 radical (unpaired) electrons. The van der Waals surface area contributed by atoms with Crippen molar-refractivity contribution >= 4 is 11.6 Å². The van der Waals surface area contributed by atoms with Gasteiger partial charge >= 0.3 is 0 Å². The lowest BCUT2D eigenvalue weighted by Gasteiger charge is -2.16. The van der Waals surface area contributed by atoms with Crippen LogP contribution in [0.4, 0.5) is 0 Å². The Bertz CT molecular complexity index is 436. The Morgan fingerprint density at radius 2 is 2.00 bits per heavy atom. The molecule has 1 atom stereocenters. The quantitative estimate of drug-likeness (QED) is 0.866. The first-order chi connectivity index (χ1) is 8.31. The van der Waals surface area contributed by atoms with Crippen LogP contribution in [0.1, 0.15) is 30.7 Å². The van der Waals surface area contributed by atoms with E-state index in [2.05, 4.69) is 12.2 Å². The van der Waals surface area contributed by atoms with Crippen molar-refractivity contribution < 1.29 is 4.42 Å². The van der Waals surface area contributed by atoms with Gasteiger partial charge in [-0.05, 0) is 42.8 Å². The number of hydrogen-bond acceptors (Lipinski definition) is 2. The number of halogens is 1. The summed E-state index contributed by atoms with van der Waals surface area (Å²) in [5, 5.41) is 4.22. The summed E-state index contributed by atoms with van der Waals surface area (Å²) in [6.07, 6.45) is 2.79. The van der Waals surface area contributed by atoms with Crippen LogP contribution in [0.15, 0.2) is 47.1 Å². The average molecular weight is 250 g/mol. The monoisotopic (exact) mass is 249 g/mol. The van der Waals surface area contributed by atoms with Crippen molar-refractivity contribution in [3.05, 3.63) is 59.0 Å². The molecule has 17 heavy (non-hydrogen) atoms. The summed E-state index contributed by atoms with van der Waals surface area (Å²) in [5.41, 5.74) is 1.16. The van der Waals surface area contributed by atoms with E-state index in [0.717, 1.165) is 29.3 Å². The molecule has 1 unspecified atom stereocenters. The minimum Gasteiger partial charge on any atom is -0.467 e. The van der Waals surface area contributed by atoms with Gasteiger partial charge in [-0.3, -0.25) is 0 Å². The van der Waals surface area contributed by atoms with Crippen molar-refractivity contribution in [2.24, 2.45) is 0 Å². The minimum absolute atomic E-state index is 0.0993. The molecule has 1 aromatic heterocycles. The van der Waals surface area contributed by atoms with E-state index in [1.54, 1.807) is 6.26 Å². The van der Waals surface area contributed by atoms with Crippen molar-refractivity contribution in [2.75, 3.05) is 6.54 Å². The predicted molar refractivity (Wildman–Crippen MR) is 70.3 cm³/mol. The fourth-order valence-electron chi connectivity index (χ4n) is 1.78. The van der Waals surface area contributed by atoms with Crippen molar-refractivity contribution in [1.29, 1.82) is 0 Å². The smallest absolute Gasteiger partial charge is 0.125 e. The highest BCUT2D eigenvalue weighted by atomic mass is 35.5. The maximum Gasteiger partial charge on any atom is 0.125 e. The molecule has 1 aromatic carbocycles. The summed E-state index contributed by atoms with van der Waals surface area (Å²) >= 11 is 5.90. The molecule has 2 rings (SSSR count). The molecule has 1 heterocycles. The van der Waals surface area contributed by atoms with Gasteiger partial charge in [0.25, 0.3) is 0 Å². The van der Waals surface area contributed by atoms with Crippen molar-refractivity contribution in [1.82, 2.24) is 5.32 Å². The number of rotatable bonds is 5. The second kappa shape index (κ2) is 5.89. The molecular weight excluding hydrogens is 234 g/mol. The van der Waals surface area contributed by atoms with Crippen LogP contribution < -0.4 is 5.32 Å². The summed E-state index contributed by atoms with van der Waals surface area (Å²) in [4.78, 5) is 0. The first kappa shape index (κ1) is 12.2. The molecule has 0 saturated carbocycles. The van der Waals surface area contributed by atoms with Crippen LogP contribution in [0.5, 0.6) is 0 Å². The highest BCUT2D eigenvalue weighted by Gasteiger charge is 2.15. The normalized spacial score (nSPS) is 12.6. The second-order valence-corrected chi connectivity index (χ2v) is 4.39. The van der Waals surface area contributed by atoms with Crippen LogP contribution >= 0.6 is 11.6 Å². The van der Waals surface area contributed by atoms with E-state index >= 15 is 0 Å². The van der Waals surface area contributed by atoms with Gasteiger partial charge in [-0.2, -0.15) is 0 Å². The Labute approximate surface area is 107 Å². The molecule has 2 aromatic rings. The summed E-state index contributed by atoms with van der Waals surface area (Å²) in [6.45, 7) is 3.10. The number of nitrogens with one attached hydrogen (secondary N) is 1. The minimum atomic E-state index is 0.0993. The van der Waals surface area contributed by atoms with E-state index in [1.165, 1.54) is 0 Å². The topological polar surface area (TPSA) is 25.2 Å². The summed E-state index contributed by atoms with van der Waals surface area (Å²) in [5.74, 6) is 0.931. The molecule has 0 aliphatic heterocycles. The third-order valence-corrected chi connectivity index (χ3v) is 2.88. The van der Waals surface area contributed by atoms with Gasteiger partial charge in [-0.15, -0.1) is 0 Å². The Hall–Kier alpha value is -1.25. The Kier molecular flexibility index (Phi) is 4.24. The van der Waals surface area contributed by atoms with Gasteiger partial charge in [0.05, 0.1) is 12.3 Å². The number of furan rings is 1. The fraction of sp³-hybridized carbons (Fsp3) is 0.286. The highest BCUT2D eigenvalue weighted by molar-refractivity contribution is 6.30. The Morgan fingerprint density at radius 1 is 1.24 bits per heavy atom. The Balaban J connectivity index is 2.23. The van der Waals surface area contributed by atoms with Crippen molar-refractivity contribution in [3.8, 4) is 0 Å². The van der Waals surface area contributed by atoms with Gasteiger partial charge in [0.1, 0.15) is 5.76 Å². The fourth-order valence-corrected chi connectivity index (χ4v) is 1.91. The van der Waals surface area contributed by atoms with Crippen LogP contribution in [0.25, 0.3) is 0 Å². The van der Waals surface area contributed by atoms with E-state index in [-0.39, 0.29) is 6.04 Å². The molecule has 0 saturated heterocycles. The zero-order valence-electron chi connectivity index (χ0n) is 9.82. The lowest BCUT2D eigenvalue weighted by Crippen LogP contribution is -2.22. The van der Waals surface area contributed by atoms with Crippen molar-refractivity contribution in [2.45, 2.75) is 19.4 Å². The van der Waals surface area contributed by atoms with Crippen molar-refractivity contribution in [3.63, 3.8) is 0 Å². The van der Waals surface area contributed by atoms with Gasteiger partial charge in [0, 0.05) is 5.02 Å². The molecule has 0 aliphatic carbocycles. The molecule has 1 N–H and O–H groups in total. The van der Waals surface area contributed by atoms with Gasteiger partial charge in [-0.25, -0.2) is 0 Å². The number of hydrogen-bond donors (Lipinski definition) is 1. The molecule has 0 bridgehead atoms. The van der Waals surface area contributed by atoms with E-state index in [0.29, 0.717) is 0 Å². The first-order valence-electron chi connectivity index (χ1n) is 5.83. The SMILES string of the molecule is CCCNC(c1ccc(Cl)cc1)c1ccco1. The van der Waals surface area contributed by atoms with Gasteiger partial charge < -0.3 is 9.73 Å². The molecule has 0 aliphatic rings. The van der Waals surface area contributed by atoms with Crippen LogP contribution in [-0.4, -0.2) is 6.54 Å². The highest BCUT2D eigenvalue weighted by Crippen LogP contribution is 2.23. The van der Waals surface area contributed by atoms with E-state index in [4.69, 9.17) is 16.0 Å². The molecule has 0 amide bonds. The van der Waals surface area contributed by atoms with Gasteiger partial charge in [0.15, 0.2) is 0 Å². The van der Waals surface area contributed by atoms with Crippen LogP contribution in [-0.2, 0) is 0 Å². The summed E-state index contributed by atoms with van der Waals surface area (Å²) in [6, 6.07) is 11.9. The zero-order chi connectivity index (χ0) is 12.1. The predicted octanol–water partition coefficient (Wildman–Crippen LogP) is 4.02. The molecule has 0 spiro atoms. The molecule has 3 heteroatoms. The third-order valence-electron chi connectivity index (χ3n) is 2.63. The summed E-state index contributed by atoms with van der Waals surface area (Å²) < 4.78 is 5.48. The average Bonchev–Trinajstić information content (AvgIpc) is 2.85. The van der Waals surface area contributed by atoms with Gasteiger partial charge in [-0.1, -0.05) is 30.7 Å². The lowest BCUT2D eigenvalue weighted by atomic mass is 10.0. The maximum absolute atomic E-state index is 5.90. The third kappa shape index (κ3) is 3.11. The van der Waals surface area contributed by atoms with E-state index < -0.39 is 0 Å².